The topological polar surface area (TPSA) is 24.3 Å². The Labute approximate surface area is 214 Å². The van der Waals surface area contributed by atoms with Crippen LogP contribution in [0.25, 0.3) is 11.4 Å². The maximum Gasteiger partial charge on any atom is 0.140 e. The van der Waals surface area contributed by atoms with Gasteiger partial charge in [-0.1, -0.05) is 88.9 Å². The molecule has 0 radical (unpaired) electrons. The monoisotopic (exact) mass is 474 g/mol. The van der Waals surface area contributed by atoms with E-state index in [1.165, 1.54) is 67.5 Å². The Kier molecular flexibility index (Phi) is 10.9. The number of unbranched alkanes of at least 4 members (excludes halogenated alkanes) is 3. The highest BCUT2D eigenvalue weighted by atomic mass is 15.2. The van der Waals surface area contributed by atoms with Crippen LogP contribution in [0.15, 0.2) is 60.8 Å². The molecule has 0 N–H and O–H groups in total. The average molecular weight is 475 g/mol. The fourth-order valence-electron chi connectivity index (χ4n) is 4.78. The van der Waals surface area contributed by atoms with E-state index in [1.807, 2.05) is 0 Å². The van der Waals surface area contributed by atoms with Crippen LogP contribution in [0.4, 0.5) is 5.69 Å². The molecule has 190 valence electrons. The third-order valence-electron chi connectivity index (χ3n) is 6.90. The number of nitrogens with zero attached hydrogens (tertiary/aromatic N) is 4. The van der Waals surface area contributed by atoms with Gasteiger partial charge in [0.2, 0.25) is 0 Å². The third-order valence-corrected chi connectivity index (χ3v) is 6.90. The Balaban J connectivity index is 1.99. The van der Waals surface area contributed by atoms with Crippen molar-refractivity contribution in [1.82, 2.24) is 14.5 Å². The van der Waals surface area contributed by atoms with Crippen molar-refractivity contribution in [3.8, 4) is 11.4 Å². The lowest BCUT2D eigenvalue weighted by molar-refractivity contribution is 0.166. The van der Waals surface area contributed by atoms with Gasteiger partial charge in [-0.05, 0) is 43.5 Å². The van der Waals surface area contributed by atoms with E-state index in [1.54, 1.807) is 0 Å². The van der Waals surface area contributed by atoms with Crippen LogP contribution in [0.5, 0.6) is 0 Å². The molecule has 35 heavy (non-hydrogen) atoms. The molecular weight excluding hydrogens is 428 g/mol. The number of rotatable bonds is 15. The Morgan fingerprint density at radius 2 is 1.51 bits per heavy atom. The molecule has 4 heteroatoms. The zero-order valence-corrected chi connectivity index (χ0v) is 22.7. The van der Waals surface area contributed by atoms with Crippen molar-refractivity contribution in [2.24, 2.45) is 0 Å². The molecule has 3 aromatic rings. The summed E-state index contributed by atoms with van der Waals surface area (Å²) < 4.78 is 2.52. The molecule has 1 aromatic heterocycles. The zero-order chi connectivity index (χ0) is 25.0. The summed E-state index contributed by atoms with van der Waals surface area (Å²) in [6.45, 7) is 9.99. The van der Waals surface area contributed by atoms with Gasteiger partial charge in [-0.3, -0.25) is 4.90 Å². The smallest absolute Gasteiger partial charge is 0.140 e. The fourth-order valence-corrected chi connectivity index (χ4v) is 4.78. The first-order valence-corrected chi connectivity index (χ1v) is 13.7. The third kappa shape index (κ3) is 7.44. The van der Waals surface area contributed by atoms with Crippen LogP contribution in [-0.4, -0.2) is 35.1 Å². The quantitative estimate of drug-likeness (QED) is 0.223. The molecule has 3 rings (SSSR count). The first kappa shape index (κ1) is 27.0. The number of hydrogen-bond acceptors (Lipinski definition) is 3. The number of anilines is 1. The van der Waals surface area contributed by atoms with Crippen LogP contribution >= 0.6 is 0 Å². The summed E-state index contributed by atoms with van der Waals surface area (Å²) in [6, 6.07) is 20.2. The molecule has 0 aliphatic rings. The summed E-state index contributed by atoms with van der Waals surface area (Å²) in [6.07, 6.45) is 10.6. The van der Waals surface area contributed by atoms with Gasteiger partial charge >= 0.3 is 0 Å². The molecule has 0 spiro atoms. The normalized spacial score (nSPS) is 12.3. The van der Waals surface area contributed by atoms with E-state index in [2.05, 4.69) is 110 Å². The molecular formula is C31H46N4. The second-order valence-electron chi connectivity index (χ2n) is 9.92. The van der Waals surface area contributed by atoms with Crippen molar-refractivity contribution in [2.75, 3.05) is 25.5 Å². The minimum atomic E-state index is 0.372. The molecule has 0 saturated heterocycles. The summed E-state index contributed by atoms with van der Waals surface area (Å²) >= 11 is 0. The minimum Gasteiger partial charge on any atom is -0.378 e. The number of benzene rings is 2. The van der Waals surface area contributed by atoms with Crippen molar-refractivity contribution >= 4 is 5.69 Å². The molecule has 0 fully saturated rings. The van der Waals surface area contributed by atoms with Crippen LogP contribution in [0, 0.1) is 0 Å². The number of aromatic nitrogens is 2. The van der Waals surface area contributed by atoms with Crippen LogP contribution in [-0.2, 0) is 13.1 Å². The lowest BCUT2D eigenvalue weighted by atomic mass is 10.0. The van der Waals surface area contributed by atoms with Crippen LogP contribution < -0.4 is 4.90 Å². The molecule has 4 nitrogen and oxygen atoms in total. The first-order chi connectivity index (χ1) is 17.1. The van der Waals surface area contributed by atoms with Gasteiger partial charge in [-0.2, -0.15) is 0 Å². The Morgan fingerprint density at radius 1 is 0.829 bits per heavy atom. The minimum absolute atomic E-state index is 0.372. The number of imidazole rings is 1. The molecule has 1 atom stereocenters. The highest BCUT2D eigenvalue weighted by Crippen LogP contribution is 2.32. The number of hydrogen-bond donors (Lipinski definition) is 0. The summed E-state index contributed by atoms with van der Waals surface area (Å²) in [4.78, 5) is 9.89. The van der Waals surface area contributed by atoms with Gasteiger partial charge in [0.05, 0.1) is 17.9 Å². The lowest BCUT2D eigenvalue weighted by Gasteiger charge is -2.33. The van der Waals surface area contributed by atoms with Crippen molar-refractivity contribution in [1.29, 1.82) is 0 Å². The van der Waals surface area contributed by atoms with Gasteiger partial charge in [0.15, 0.2) is 0 Å². The van der Waals surface area contributed by atoms with Crippen LogP contribution in [0.3, 0.4) is 0 Å². The second kappa shape index (κ2) is 14.1. The van der Waals surface area contributed by atoms with E-state index >= 15 is 0 Å². The molecule has 0 saturated carbocycles. The van der Waals surface area contributed by atoms with E-state index in [4.69, 9.17) is 4.98 Å². The maximum absolute atomic E-state index is 5.00. The van der Waals surface area contributed by atoms with E-state index in [9.17, 15) is 0 Å². The molecule has 0 aliphatic carbocycles. The van der Waals surface area contributed by atoms with Gasteiger partial charge in [0.25, 0.3) is 0 Å². The van der Waals surface area contributed by atoms with Gasteiger partial charge < -0.3 is 9.47 Å². The highest BCUT2D eigenvalue weighted by molar-refractivity contribution is 5.56. The lowest BCUT2D eigenvalue weighted by Crippen LogP contribution is -2.31. The van der Waals surface area contributed by atoms with E-state index in [0.717, 1.165) is 25.5 Å². The standard InChI is InChI=1S/C31H46N4/c1-6-9-17-29(34(22-10-7-2)25-26-18-20-28(21-19-26)33(4)5)30-24-32-31(35(30)23-11-8-3)27-15-13-12-14-16-27/h12-16,18-21,24,29H,6-11,17,22-23,25H2,1-5H3. The fraction of sp³-hybridized carbons (Fsp3) is 0.516. The van der Waals surface area contributed by atoms with Crippen molar-refractivity contribution in [2.45, 2.75) is 84.8 Å². The van der Waals surface area contributed by atoms with Gasteiger partial charge in [-0.15, -0.1) is 0 Å². The predicted molar refractivity (Wildman–Crippen MR) is 151 cm³/mol. The summed E-state index contributed by atoms with van der Waals surface area (Å²) in [5.74, 6) is 1.11. The van der Waals surface area contributed by atoms with Gasteiger partial charge in [0.1, 0.15) is 5.82 Å². The second-order valence-corrected chi connectivity index (χ2v) is 9.92. The molecule has 1 heterocycles. The molecule has 0 bridgehead atoms. The van der Waals surface area contributed by atoms with E-state index in [-0.39, 0.29) is 0 Å². The van der Waals surface area contributed by atoms with Crippen molar-refractivity contribution in [3.05, 3.63) is 72.1 Å². The Bertz CT molecular complexity index is 975. The average Bonchev–Trinajstić information content (AvgIpc) is 3.30. The Hall–Kier alpha value is -2.59. The SMILES string of the molecule is CCCCC(c1cnc(-c2ccccc2)n1CCCC)N(CCCC)Cc1ccc(N(C)C)cc1. The van der Waals surface area contributed by atoms with Crippen LogP contribution in [0.2, 0.25) is 0 Å². The molecule has 2 aromatic carbocycles. The molecule has 0 amide bonds. The Morgan fingerprint density at radius 3 is 2.14 bits per heavy atom. The molecule has 0 aliphatic heterocycles. The first-order valence-electron chi connectivity index (χ1n) is 13.7. The predicted octanol–water partition coefficient (Wildman–Crippen LogP) is 7.95. The summed E-state index contributed by atoms with van der Waals surface area (Å²) in [5.41, 5.74) is 5.23. The van der Waals surface area contributed by atoms with Crippen molar-refractivity contribution < 1.29 is 0 Å². The summed E-state index contributed by atoms with van der Waals surface area (Å²) in [7, 11) is 4.20. The van der Waals surface area contributed by atoms with Gasteiger partial charge in [-0.25, -0.2) is 4.98 Å². The molecule has 1 unspecified atom stereocenters. The van der Waals surface area contributed by atoms with Gasteiger partial charge in [0, 0.05) is 38.4 Å². The highest BCUT2D eigenvalue weighted by Gasteiger charge is 2.25. The van der Waals surface area contributed by atoms with E-state index < -0.39 is 0 Å². The van der Waals surface area contributed by atoms with Crippen LogP contribution in [0.1, 0.15) is 83.0 Å². The summed E-state index contributed by atoms with van der Waals surface area (Å²) in [5, 5.41) is 0. The zero-order valence-electron chi connectivity index (χ0n) is 22.7. The van der Waals surface area contributed by atoms with E-state index in [0.29, 0.717) is 6.04 Å². The largest absolute Gasteiger partial charge is 0.378 e. The van der Waals surface area contributed by atoms with Crippen molar-refractivity contribution in [3.63, 3.8) is 0 Å². The maximum atomic E-state index is 5.00.